The van der Waals surface area contributed by atoms with Crippen LogP contribution in [0.5, 0.6) is 11.8 Å². The van der Waals surface area contributed by atoms with E-state index >= 15 is 4.39 Å². The molecule has 1 amide bonds. The van der Waals surface area contributed by atoms with Crippen molar-refractivity contribution in [3.63, 3.8) is 0 Å². The predicted molar refractivity (Wildman–Crippen MR) is 246 cm³/mol. The van der Waals surface area contributed by atoms with Crippen LogP contribution in [-0.2, 0) is 20.8 Å². The molecule has 6 heterocycles. The van der Waals surface area contributed by atoms with Gasteiger partial charge in [-0.3, -0.25) is 4.99 Å². The SMILES string of the molecule is C/C=C(\C=NC)c1ccc(COc2c(-c3c(C)c(F)cc4c3cnn4C3CCCCO3)c(C3CC3)cc3c(N4C[C@@H]5C[C@H]4CN5C(=O)OC(C)(C)O)nc(OC4CCOCC4)nc23)cc1. The number of aromatic nitrogens is 4. The van der Waals surface area contributed by atoms with Gasteiger partial charge < -0.3 is 38.6 Å². The van der Waals surface area contributed by atoms with Crippen molar-refractivity contribution < 1.29 is 38.0 Å². The quantitative estimate of drug-likeness (QED) is 0.0946. The van der Waals surface area contributed by atoms with Gasteiger partial charge in [-0.1, -0.05) is 30.3 Å². The average Bonchev–Trinajstić information content (AvgIpc) is 3.74. The van der Waals surface area contributed by atoms with Crippen molar-refractivity contribution in [3.05, 3.63) is 76.7 Å². The van der Waals surface area contributed by atoms with Crippen molar-refractivity contribution in [2.24, 2.45) is 4.99 Å². The minimum absolute atomic E-state index is 0.0759. The predicted octanol–water partition coefficient (Wildman–Crippen LogP) is 9.04. The number of ether oxygens (including phenoxy) is 5. The van der Waals surface area contributed by atoms with Crippen LogP contribution in [0.25, 0.3) is 38.5 Å². The molecule has 5 fully saturated rings. The van der Waals surface area contributed by atoms with E-state index in [0.717, 1.165) is 76.3 Å². The van der Waals surface area contributed by atoms with Gasteiger partial charge in [-0.05, 0) is 92.2 Å². The fourth-order valence-electron chi connectivity index (χ4n) is 10.1. The monoisotopic (exact) mass is 887 g/mol. The summed E-state index contributed by atoms with van der Waals surface area (Å²) in [7, 11) is 1.76. The van der Waals surface area contributed by atoms with Crippen LogP contribution in [0, 0.1) is 12.7 Å². The summed E-state index contributed by atoms with van der Waals surface area (Å²) >= 11 is 0. The minimum Gasteiger partial charge on any atom is -0.486 e. The highest BCUT2D eigenvalue weighted by Gasteiger charge is 2.48. The lowest BCUT2D eigenvalue weighted by molar-refractivity contribution is -0.140. The molecular weight excluding hydrogens is 830 g/mol. The second kappa shape index (κ2) is 17.6. The number of nitrogens with zero attached hydrogens (tertiary/aromatic N) is 7. The third-order valence-corrected chi connectivity index (χ3v) is 13.5. The van der Waals surface area contributed by atoms with Crippen molar-refractivity contribution in [2.45, 2.75) is 122 Å². The van der Waals surface area contributed by atoms with E-state index in [4.69, 9.17) is 38.8 Å². The topological polar surface area (TPSA) is 146 Å². The fourth-order valence-corrected chi connectivity index (χ4v) is 10.1. The van der Waals surface area contributed by atoms with E-state index in [1.807, 2.05) is 37.0 Å². The van der Waals surface area contributed by atoms with Gasteiger partial charge in [0.05, 0.1) is 37.0 Å². The third-order valence-electron chi connectivity index (χ3n) is 13.5. The number of fused-ring (bicyclic) bond motifs is 4. The Labute approximate surface area is 378 Å². The smallest absolute Gasteiger partial charge is 0.412 e. The summed E-state index contributed by atoms with van der Waals surface area (Å²) in [5.74, 6) is -0.518. The number of amides is 1. The Bertz CT molecular complexity index is 2660. The molecule has 0 spiro atoms. The maximum absolute atomic E-state index is 16.7. The standard InChI is InChI=1S/C50H58FN7O7/c1-6-31(24-52-5)32-12-10-30(11-13-32)28-63-46-44(43-29(2)40(51)23-41-39(43)25-53-58(41)42-9-7-8-18-62-42)37(33-14-15-33)22-38-45(46)54-48(64-36-16-19-61-20-17-36)55-47(38)56-26-35-21-34(56)27-57(35)49(59)65-50(3,4)60/h6,10-13,22-25,33-36,42,60H,7-9,14-21,26-28H2,1-5H3/b31-6+,52-24?/t34-,35-,42?/m0/s1. The number of benzene rings is 3. The van der Waals surface area contributed by atoms with Crippen molar-refractivity contribution in [1.29, 1.82) is 0 Å². The lowest BCUT2D eigenvalue weighted by Gasteiger charge is -2.36. The van der Waals surface area contributed by atoms with Crippen LogP contribution >= 0.6 is 0 Å². The molecule has 15 heteroatoms. The number of carbonyl (C=O) groups is 1. The number of halogens is 1. The Kier molecular flexibility index (Phi) is 11.7. The van der Waals surface area contributed by atoms with Gasteiger partial charge in [0.1, 0.15) is 29.9 Å². The normalized spacial score (nSPS) is 21.9. The van der Waals surface area contributed by atoms with Crippen LogP contribution in [0.1, 0.15) is 107 Å². The first-order valence-corrected chi connectivity index (χ1v) is 23.2. The van der Waals surface area contributed by atoms with Crippen LogP contribution in [-0.4, -0.2) is 106 Å². The number of rotatable bonds is 12. The summed E-state index contributed by atoms with van der Waals surface area (Å²) in [6.07, 6.45) is 11.6. The molecule has 14 nitrogen and oxygen atoms in total. The summed E-state index contributed by atoms with van der Waals surface area (Å²) < 4.78 is 49.6. The van der Waals surface area contributed by atoms with Gasteiger partial charge in [0.2, 0.25) is 5.79 Å². The Morgan fingerprint density at radius 3 is 2.48 bits per heavy atom. The largest absolute Gasteiger partial charge is 0.486 e. The molecule has 5 aliphatic rings. The van der Waals surface area contributed by atoms with E-state index in [1.54, 1.807) is 18.0 Å². The number of aliphatic hydroxyl groups is 1. The molecule has 2 aromatic heterocycles. The maximum atomic E-state index is 16.7. The highest BCUT2D eigenvalue weighted by atomic mass is 19.1. The van der Waals surface area contributed by atoms with Crippen LogP contribution in [0.3, 0.4) is 0 Å². The number of carbonyl (C=O) groups excluding carboxylic acids is 1. The molecule has 4 saturated heterocycles. The first kappa shape index (κ1) is 43.3. The summed E-state index contributed by atoms with van der Waals surface area (Å²) in [6, 6.07) is 12.0. The van der Waals surface area contributed by atoms with Crippen LogP contribution < -0.4 is 14.4 Å². The van der Waals surface area contributed by atoms with Crippen molar-refractivity contribution >= 4 is 45.5 Å². The van der Waals surface area contributed by atoms with E-state index in [1.165, 1.54) is 13.8 Å². The van der Waals surface area contributed by atoms with Crippen molar-refractivity contribution in [2.75, 3.05) is 44.9 Å². The van der Waals surface area contributed by atoms with Gasteiger partial charge in [0.25, 0.3) is 0 Å². The van der Waals surface area contributed by atoms with E-state index in [9.17, 15) is 9.90 Å². The molecule has 10 rings (SSSR count). The van der Waals surface area contributed by atoms with Crippen LogP contribution in [0.15, 0.2) is 53.7 Å². The molecule has 1 N–H and O–H groups in total. The lowest BCUT2D eigenvalue weighted by Crippen LogP contribution is -2.50. The number of hydrogen-bond acceptors (Lipinski definition) is 12. The molecule has 1 aliphatic carbocycles. The van der Waals surface area contributed by atoms with Crippen LogP contribution in [0.2, 0.25) is 0 Å². The van der Waals surface area contributed by atoms with E-state index < -0.39 is 11.9 Å². The maximum Gasteiger partial charge on any atom is 0.412 e. The zero-order valence-electron chi connectivity index (χ0n) is 37.9. The van der Waals surface area contributed by atoms with Gasteiger partial charge in [0.15, 0.2) is 12.0 Å². The number of piperazine rings is 1. The van der Waals surface area contributed by atoms with E-state index in [2.05, 4.69) is 40.2 Å². The number of allylic oxidation sites excluding steroid dienone is 2. The first-order chi connectivity index (χ1) is 31.5. The highest BCUT2D eigenvalue weighted by molar-refractivity contribution is 6.09. The van der Waals surface area contributed by atoms with Crippen molar-refractivity contribution in [3.8, 4) is 22.9 Å². The van der Waals surface area contributed by atoms with E-state index in [0.29, 0.717) is 80.3 Å². The summed E-state index contributed by atoms with van der Waals surface area (Å²) in [5.41, 5.74) is 7.29. The molecule has 3 aromatic carbocycles. The molecule has 0 radical (unpaired) electrons. The Morgan fingerprint density at radius 2 is 1.80 bits per heavy atom. The fraction of sp³-hybridized carbons (Fsp3) is 0.500. The molecule has 65 heavy (non-hydrogen) atoms. The van der Waals surface area contributed by atoms with Gasteiger partial charge in [0, 0.05) is 87.6 Å². The van der Waals surface area contributed by atoms with Crippen LogP contribution in [0.4, 0.5) is 15.0 Å². The summed E-state index contributed by atoms with van der Waals surface area (Å²) in [5, 5.41) is 16.8. The second-order valence-corrected chi connectivity index (χ2v) is 18.6. The molecular formula is C50H58FN7O7. The molecule has 5 aromatic rings. The number of likely N-dealkylation sites (tertiary alicyclic amines) is 1. The number of aliphatic imine (C=N–C) groups is 1. The second-order valence-electron chi connectivity index (χ2n) is 18.6. The van der Waals surface area contributed by atoms with Gasteiger partial charge in [-0.25, -0.2) is 13.9 Å². The van der Waals surface area contributed by atoms with Gasteiger partial charge in [-0.2, -0.15) is 15.1 Å². The van der Waals surface area contributed by atoms with Gasteiger partial charge in [-0.15, -0.1) is 0 Å². The molecule has 3 atom stereocenters. The summed E-state index contributed by atoms with van der Waals surface area (Å²) in [4.78, 5) is 31.9. The zero-order chi connectivity index (χ0) is 45.0. The zero-order valence-corrected chi connectivity index (χ0v) is 37.9. The molecule has 1 saturated carbocycles. The molecule has 2 bridgehead atoms. The third kappa shape index (κ3) is 8.54. The Balaban J connectivity index is 1.16. The number of hydrogen-bond donors (Lipinski definition) is 1. The Hall–Kier alpha value is -5.64. The average molecular weight is 888 g/mol. The van der Waals surface area contributed by atoms with Crippen molar-refractivity contribution in [1.82, 2.24) is 24.6 Å². The Morgan fingerprint density at radius 1 is 1.00 bits per heavy atom. The highest BCUT2D eigenvalue weighted by Crippen LogP contribution is 2.54. The lowest BCUT2D eigenvalue weighted by atomic mass is 9.88. The molecule has 1 unspecified atom stereocenters. The van der Waals surface area contributed by atoms with Gasteiger partial charge >= 0.3 is 12.1 Å². The number of anilines is 1. The van der Waals surface area contributed by atoms with E-state index in [-0.39, 0.29) is 48.8 Å². The summed E-state index contributed by atoms with van der Waals surface area (Å²) in [6.45, 7) is 9.64. The molecule has 342 valence electrons. The minimum atomic E-state index is -1.60. The molecule has 4 aliphatic heterocycles. The first-order valence-electron chi connectivity index (χ1n) is 23.2.